The molecule has 0 aliphatic carbocycles. The highest BCUT2D eigenvalue weighted by Crippen LogP contribution is 2.11. The smallest absolute Gasteiger partial charge is 0.189 e. The maximum Gasteiger partial charge on any atom is 0.189 e. The van der Waals surface area contributed by atoms with E-state index in [4.69, 9.17) is 4.74 Å². The second-order valence-corrected chi connectivity index (χ2v) is 3.44. The zero-order valence-corrected chi connectivity index (χ0v) is 9.41. The summed E-state index contributed by atoms with van der Waals surface area (Å²) in [6.07, 6.45) is 2.91. The van der Waals surface area contributed by atoms with Crippen LogP contribution in [0.2, 0.25) is 0 Å². The van der Waals surface area contributed by atoms with E-state index in [1.165, 1.54) is 12.3 Å². The van der Waals surface area contributed by atoms with Gasteiger partial charge in [0, 0.05) is 11.6 Å². The number of ketones is 1. The molecule has 0 spiro atoms. The highest BCUT2D eigenvalue weighted by Gasteiger charge is 2.05. The summed E-state index contributed by atoms with van der Waals surface area (Å²) in [6.45, 7) is 6.41. The van der Waals surface area contributed by atoms with E-state index >= 15 is 0 Å². The lowest BCUT2D eigenvalue weighted by Gasteiger charge is -2.02. The maximum absolute atomic E-state index is 11.7. The molecule has 0 N–H and O–H groups in total. The Bertz CT molecular complexity index is 378. The van der Waals surface area contributed by atoms with Gasteiger partial charge in [-0.05, 0) is 26.3 Å². The van der Waals surface area contributed by atoms with E-state index in [1.807, 2.05) is 39.0 Å². The minimum atomic E-state index is -0.0130. The van der Waals surface area contributed by atoms with E-state index in [9.17, 15) is 4.79 Å². The van der Waals surface area contributed by atoms with Crippen LogP contribution in [0.25, 0.3) is 0 Å². The summed E-state index contributed by atoms with van der Waals surface area (Å²) >= 11 is 0. The van der Waals surface area contributed by atoms with Crippen molar-refractivity contribution in [2.75, 3.05) is 6.61 Å². The fourth-order valence-corrected chi connectivity index (χ4v) is 1.39. The first-order valence-corrected chi connectivity index (χ1v) is 5.05. The van der Waals surface area contributed by atoms with E-state index in [-0.39, 0.29) is 5.78 Å². The van der Waals surface area contributed by atoms with Crippen molar-refractivity contribution in [3.05, 3.63) is 47.2 Å². The van der Waals surface area contributed by atoms with Crippen LogP contribution in [-0.2, 0) is 4.74 Å². The Hall–Kier alpha value is -1.57. The van der Waals surface area contributed by atoms with Gasteiger partial charge in [-0.3, -0.25) is 4.79 Å². The van der Waals surface area contributed by atoms with E-state index in [0.29, 0.717) is 6.61 Å². The summed E-state index contributed by atoms with van der Waals surface area (Å²) in [5, 5.41) is 0. The van der Waals surface area contributed by atoms with Crippen LogP contribution in [0.1, 0.15) is 28.4 Å². The van der Waals surface area contributed by atoms with Crippen LogP contribution < -0.4 is 0 Å². The Labute approximate surface area is 90.6 Å². The monoisotopic (exact) mass is 204 g/mol. The number of benzene rings is 1. The quantitative estimate of drug-likeness (QED) is 0.428. The van der Waals surface area contributed by atoms with Crippen molar-refractivity contribution in [3.8, 4) is 0 Å². The van der Waals surface area contributed by atoms with Gasteiger partial charge in [-0.15, -0.1) is 0 Å². The van der Waals surface area contributed by atoms with Gasteiger partial charge in [0.25, 0.3) is 0 Å². The maximum atomic E-state index is 11.7. The fourth-order valence-electron chi connectivity index (χ4n) is 1.39. The SMILES string of the molecule is CCO/C=C/C(=O)c1ccc(C)cc1C. The van der Waals surface area contributed by atoms with Gasteiger partial charge in [-0.1, -0.05) is 23.8 Å². The van der Waals surface area contributed by atoms with Gasteiger partial charge in [0.05, 0.1) is 12.9 Å². The number of rotatable bonds is 4. The largest absolute Gasteiger partial charge is 0.501 e. The molecule has 0 heterocycles. The molecule has 2 nitrogen and oxygen atoms in total. The molecule has 0 amide bonds. The molecular formula is C13H16O2. The van der Waals surface area contributed by atoms with Gasteiger partial charge >= 0.3 is 0 Å². The first kappa shape index (κ1) is 11.5. The van der Waals surface area contributed by atoms with Crippen LogP contribution in [0.15, 0.2) is 30.5 Å². The van der Waals surface area contributed by atoms with Gasteiger partial charge in [0.1, 0.15) is 0 Å². The zero-order valence-electron chi connectivity index (χ0n) is 9.41. The minimum absolute atomic E-state index is 0.0130. The highest BCUT2D eigenvalue weighted by molar-refractivity contribution is 6.05. The van der Waals surface area contributed by atoms with E-state index in [0.717, 1.165) is 16.7 Å². The molecule has 2 heteroatoms. The van der Waals surface area contributed by atoms with Crippen molar-refractivity contribution in [3.63, 3.8) is 0 Å². The third-order valence-corrected chi connectivity index (χ3v) is 2.13. The van der Waals surface area contributed by atoms with Crippen LogP contribution >= 0.6 is 0 Å². The van der Waals surface area contributed by atoms with Crippen molar-refractivity contribution < 1.29 is 9.53 Å². The molecular weight excluding hydrogens is 188 g/mol. The third-order valence-electron chi connectivity index (χ3n) is 2.13. The molecule has 0 saturated heterocycles. The first-order valence-electron chi connectivity index (χ1n) is 5.05. The van der Waals surface area contributed by atoms with Crippen molar-refractivity contribution >= 4 is 5.78 Å². The molecule has 0 unspecified atom stereocenters. The number of aryl methyl sites for hydroxylation is 2. The predicted molar refractivity (Wildman–Crippen MR) is 61.0 cm³/mol. The Morgan fingerprint density at radius 3 is 2.73 bits per heavy atom. The zero-order chi connectivity index (χ0) is 11.3. The van der Waals surface area contributed by atoms with Gasteiger partial charge in [-0.25, -0.2) is 0 Å². The van der Waals surface area contributed by atoms with Crippen LogP contribution in [-0.4, -0.2) is 12.4 Å². The summed E-state index contributed by atoms with van der Waals surface area (Å²) in [6, 6.07) is 5.79. The average molecular weight is 204 g/mol. The molecule has 0 bridgehead atoms. The highest BCUT2D eigenvalue weighted by atomic mass is 16.5. The van der Waals surface area contributed by atoms with E-state index in [1.54, 1.807) is 0 Å². The Kier molecular flexibility index (Phi) is 4.10. The van der Waals surface area contributed by atoms with Crippen LogP contribution in [0.3, 0.4) is 0 Å². The summed E-state index contributed by atoms with van der Waals surface area (Å²) in [4.78, 5) is 11.7. The molecule has 0 saturated carbocycles. The first-order chi connectivity index (χ1) is 7.15. The molecule has 1 aromatic rings. The molecule has 0 atom stereocenters. The van der Waals surface area contributed by atoms with Crippen molar-refractivity contribution in [1.29, 1.82) is 0 Å². The van der Waals surface area contributed by atoms with Gasteiger partial charge in [-0.2, -0.15) is 0 Å². The van der Waals surface area contributed by atoms with E-state index in [2.05, 4.69) is 0 Å². The normalized spacial score (nSPS) is 10.6. The Balaban J connectivity index is 2.82. The predicted octanol–water partition coefficient (Wildman–Crippen LogP) is 3.04. The fraction of sp³-hybridized carbons (Fsp3) is 0.308. The Morgan fingerprint density at radius 2 is 2.13 bits per heavy atom. The summed E-state index contributed by atoms with van der Waals surface area (Å²) in [5.41, 5.74) is 2.90. The second kappa shape index (κ2) is 5.35. The van der Waals surface area contributed by atoms with Gasteiger partial charge in [0.15, 0.2) is 5.78 Å². The molecule has 1 rings (SSSR count). The van der Waals surface area contributed by atoms with Crippen LogP contribution in [0.5, 0.6) is 0 Å². The minimum Gasteiger partial charge on any atom is -0.501 e. The number of carbonyl (C=O) groups is 1. The standard InChI is InChI=1S/C13H16O2/c1-4-15-8-7-13(14)12-6-5-10(2)9-11(12)3/h5-9H,4H2,1-3H3/b8-7+. The molecule has 0 fully saturated rings. The lowest BCUT2D eigenvalue weighted by atomic mass is 10.0. The molecule has 15 heavy (non-hydrogen) atoms. The lowest BCUT2D eigenvalue weighted by Crippen LogP contribution is -1.98. The molecule has 0 radical (unpaired) electrons. The number of carbonyl (C=O) groups excluding carboxylic acids is 1. The molecule has 80 valence electrons. The summed E-state index contributed by atoms with van der Waals surface area (Å²) < 4.78 is 4.99. The molecule has 1 aromatic carbocycles. The second-order valence-electron chi connectivity index (χ2n) is 3.44. The van der Waals surface area contributed by atoms with Crippen LogP contribution in [0.4, 0.5) is 0 Å². The number of allylic oxidation sites excluding steroid dienone is 1. The van der Waals surface area contributed by atoms with Crippen molar-refractivity contribution in [2.45, 2.75) is 20.8 Å². The topological polar surface area (TPSA) is 26.3 Å². The average Bonchev–Trinajstić information content (AvgIpc) is 2.17. The molecule has 0 aliphatic heterocycles. The van der Waals surface area contributed by atoms with Gasteiger partial charge < -0.3 is 4.74 Å². The summed E-state index contributed by atoms with van der Waals surface area (Å²) in [7, 11) is 0. The molecule has 0 aromatic heterocycles. The van der Waals surface area contributed by atoms with Crippen molar-refractivity contribution in [1.82, 2.24) is 0 Å². The Morgan fingerprint density at radius 1 is 1.40 bits per heavy atom. The third kappa shape index (κ3) is 3.24. The number of ether oxygens (including phenoxy) is 1. The number of hydrogen-bond donors (Lipinski definition) is 0. The number of hydrogen-bond acceptors (Lipinski definition) is 2. The van der Waals surface area contributed by atoms with Crippen LogP contribution in [0, 0.1) is 13.8 Å². The summed E-state index contributed by atoms with van der Waals surface area (Å²) in [5.74, 6) is -0.0130. The molecule has 0 aliphatic rings. The lowest BCUT2D eigenvalue weighted by molar-refractivity contribution is 0.104. The van der Waals surface area contributed by atoms with E-state index < -0.39 is 0 Å². The van der Waals surface area contributed by atoms with Crippen molar-refractivity contribution in [2.24, 2.45) is 0 Å². The van der Waals surface area contributed by atoms with Gasteiger partial charge in [0.2, 0.25) is 0 Å².